The van der Waals surface area contributed by atoms with E-state index < -0.39 is 0 Å². The van der Waals surface area contributed by atoms with Crippen molar-refractivity contribution in [3.8, 4) is 0 Å². The number of rotatable bonds is 8. The molecule has 0 fully saturated rings. The molecule has 0 aromatic carbocycles. The third-order valence-electron chi connectivity index (χ3n) is 3.21. The zero-order valence-electron chi connectivity index (χ0n) is 12.9. The highest BCUT2D eigenvalue weighted by Gasteiger charge is 2.08. The normalized spacial score (nSPS) is 10.9. The SMILES string of the molecule is CCCNc1ccc(C(=O)NCCN(C)C(C)C)nc1. The Morgan fingerprint density at radius 2 is 2.10 bits per heavy atom. The van der Waals surface area contributed by atoms with Crippen molar-refractivity contribution < 1.29 is 4.79 Å². The number of amides is 1. The summed E-state index contributed by atoms with van der Waals surface area (Å²) in [4.78, 5) is 18.3. The number of nitrogens with zero attached hydrogens (tertiary/aromatic N) is 2. The van der Waals surface area contributed by atoms with E-state index in [1.54, 1.807) is 12.3 Å². The summed E-state index contributed by atoms with van der Waals surface area (Å²) in [5, 5.41) is 6.11. The first-order valence-electron chi connectivity index (χ1n) is 7.23. The quantitative estimate of drug-likeness (QED) is 0.763. The van der Waals surface area contributed by atoms with Crippen LogP contribution in [0.25, 0.3) is 0 Å². The molecule has 0 atom stereocenters. The molecule has 1 aromatic heterocycles. The molecule has 5 nitrogen and oxygen atoms in total. The van der Waals surface area contributed by atoms with Crippen LogP contribution in [0.15, 0.2) is 18.3 Å². The number of likely N-dealkylation sites (N-methyl/N-ethyl adjacent to an activating group) is 1. The molecule has 0 spiro atoms. The van der Waals surface area contributed by atoms with E-state index in [-0.39, 0.29) is 5.91 Å². The van der Waals surface area contributed by atoms with Crippen LogP contribution in [-0.2, 0) is 0 Å². The number of aromatic nitrogens is 1. The number of anilines is 1. The van der Waals surface area contributed by atoms with Gasteiger partial charge in [-0.1, -0.05) is 6.92 Å². The molecular formula is C15H26N4O. The Bertz CT molecular complexity index is 403. The summed E-state index contributed by atoms with van der Waals surface area (Å²) >= 11 is 0. The van der Waals surface area contributed by atoms with Crippen molar-refractivity contribution in [1.82, 2.24) is 15.2 Å². The summed E-state index contributed by atoms with van der Waals surface area (Å²) in [6, 6.07) is 4.12. The van der Waals surface area contributed by atoms with Crippen molar-refractivity contribution in [2.75, 3.05) is 32.0 Å². The van der Waals surface area contributed by atoms with E-state index in [4.69, 9.17) is 0 Å². The number of hydrogen-bond acceptors (Lipinski definition) is 4. The molecule has 0 saturated heterocycles. The van der Waals surface area contributed by atoms with E-state index in [0.717, 1.165) is 25.2 Å². The predicted octanol–water partition coefficient (Wildman–Crippen LogP) is 1.97. The van der Waals surface area contributed by atoms with Crippen LogP contribution in [-0.4, -0.2) is 48.5 Å². The number of carbonyl (C=O) groups excluding carboxylic acids is 1. The minimum absolute atomic E-state index is 0.121. The van der Waals surface area contributed by atoms with Gasteiger partial charge in [-0.25, -0.2) is 4.98 Å². The first kappa shape index (κ1) is 16.4. The second-order valence-electron chi connectivity index (χ2n) is 5.19. The summed E-state index contributed by atoms with van der Waals surface area (Å²) in [5.41, 5.74) is 1.40. The Balaban J connectivity index is 2.39. The topological polar surface area (TPSA) is 57.3 Å². The summed E-state index contributed by atoms with van der Waals surface area (Å²) in [6.07, 6.45) is 2.76. The zero-order valence-corrected chi connectivity index (χ0v) is 12.9. The largest absolute Gasteiger partial charge is 0.384 e. The van der Waals surface area contributed by atoms with Crippen LogP contribution >= 0.6 is 0 Å². The second-order valence-corrected chi connectivity index (χ2v) is 5.19. The maximum atomic E-state index is 11.9. The van der Waals surface area contributed by atoms with Gasteiger partial charge in [0.15, 0.2) is 0 Å². The van der Waals surface area contributed by atoms with Crippen molar-refractivity contribution in [3.05, 3.63) is 24.0 Å². The number of nitrogens with one attached hydrogen (secondary N) is 2. The van der Waals surface area contributed by atoms with E-state index >= 15 is 0 Å². The average Bonchev–Trinajstić information content (AvgIpc) is 2.45. The zero-order chi connectivity index (χ0) is 15.0. The van der Waals surface area contributed by atoms with Gasteiger partial charge in [0.1, 0.15) is 5.69 Å². The fourth-order valence-corrected chi connectivity index (χ4v) is 1.60. The molecule has 0 aliphatic rings. The van der Waals surface area contributed by atoms with Gasteiger partial charge in [0.05, 0.1) is 11.9 Å². The minimum Gasteiger partial charge on any atom is -0.384 e. The third kappa shape index (κ3) is 5.57. The summed E-state index contributed by atoms with van der Waals surface area (Å²) in [6.45, 7) is 8.74. The molecular weight excluding hydrogens is 252 g/mol. The maximum absolute atomic E-state index is 11.9. The van der Waals surface area contributed by atoms with Gasteiger partial charge in [0.2, 0.25) is 0 Å². The van der Waals surface area contributed by atoms with Gasteiger partial charge in [-0.2, -0.15) is 0 Å². The molecule has 1 amide bonds. The lowest BCUT2D eigenvalue weighted by Crippen LogP contribution is -2.36. The monoisotopic (exact) mass is 278 g/mol. The van der Waals surface area contributed by atoms with Crippen LogP contribution in [0.3, 0.4) is 0 Å². The van der Waals surface area contributed by atoms with Crippen molar-refractivity contribution in [3.63, 3.8) is 0 Å². The van der Waals surface area contributed by atoms with Gasteiger partial charge in [-0.3, -0.25) is 4.79 Å². The van der Waals surface area contributed by atoms with Crippen LogP contribution in [0.4, 0.5) is 5.69 Å². The van der Waals surface area contributed by atoms with Crippen LogP contribution in [0.1, 0.15) is 37.7 Å². The van der Waals surface area contributed by atoms with Gasteiger partial charge in [0.25, 0.3) is 5.91 Å². The fourth-order valence-electron chi connectivity index (χ4n) is 1.60. The highest BCUT2D eigenvalue weighted by atomic mass is 16.1. The molecule has 5 heteroatoms. The van der Waals surface area contributed by atoms with E-state index in [1.165, 1.54) is 0 Å². The highest BCUT2D eigenvalue weighted by molar-refractivity contribution is 5.92. The molecule has 0 radical (unpaired) electrons. The van der Waals surface area contributed by atoms with Crippen LogP contribution in [0.2, 0.25) is 0 Å². The van der Waals surface area contributed by atoms with Gasteiger partial charge < -0.3 is 15.5 Å². The number of hydrogen-bond donors (Lipinski definition) is 2. The Hall–Kier alpha value is -1.62. The van der Waals surface area contributed by atoms with Gasteiger partial charge >= 0.3 is 0 Å². The Labute approximate surface area is 121 Å². The van der Waals surface area contributed by atoms with E-state index in [1.807, 2.05) is 13.1 Å². The average molecular weight is 278 g/mol. The number of carbonyl (C=O) groups is 1. The van der Waals surface area contributed by atoms with Crippen molar-refractivity contribution in [2.24, 2.45) is 0 Å². The van der Waals surface area contributed by atoms with Gasteiger partial charge in [-0.15, -0.1) is 0 Å². The molecule has 0 aliphatic heterocycles. The molecule has 2 N–H and O–H groups in total. The lowest BCUT2D eigenvalue weighted by Gasteiger charge is -2.20. The molecule has 1 heterocycles. The summed E-state index contributed by atoms with van der Waals surface area (Å²) < 4.78 is 0. The predicted molar refractivity (Wildman–Crippen MR) is 83.1 cm³/mol. The molecule has 1 aromatic rings. The summed E-state index contributed by atoms with van der Waals surface area (Å²) in [7, 11) is 2.04. The van der Waals surface area contributed by atoms with Crippen LogP contribution in [0.5, 0.6) is 0 Å². The first-order chi connectivity index (χ1) is 9.54. The maximum Gasteiger partial charge on any atom is 0.269 e. The van der Waals surface area contributed by atoms with E-state index in [2.05, 4.69) is 41.3 Å². The van der Waals surface area contributed by atoms with Crippen molar-refractivity contribution in [1.29, 1.82) is 0 Å². The standard InChI is InChI=1S/C15H26N4O/c1-5-8-16-13-6-7-14(18-11-13)15(20)17-9-10-19(4)12(2)3/h6-7,11-12,16H,5,8-10H2,1-4H3,(H,17,20). The lowest BCUT2D eigenvalue weighted by atomic mass is 10.3. The summed E-state index contributed by atoms with van der Waals surface area (Å²) in [5.74, 6) is -0.121. The van der Waals surface area contributed by atoms with Crippen molar-refractivity contribution in [2.45, 2.75) is 33.2 Å². The molecule has 0 saturated carbocycles. The molecule has 20 heavy (non-hydrogen) atoms. The number of pyridine rings is 1. The van der Waals surface area contributed by atoms with E-state index in [9.17, 15) is 4.79 Å². The minimum atomic E-state index is -0.121. The molecule has 0 aliphatic carbocycles. The highest BCUT2D eigenvalue weighted by Crippen LogP contribution is 2.06. The van der Waals surface area contributed by atoms with Crippen molar-refractivity contribution >= 4 is 11.6 Å². The van der Waals surface area contributed by atoms with Crippen LogP contribution < -0.4 is 10.6 Å². The van der Waals surface area contributed by atoms with Crippen LogP contribution in [0, 0.1) is 0 Å². The fraction of sp³-hybridized carbons (Fsp3) is 0.600. The third-order valence-corrected chi connectivity index (χ3v) is 3.21. The smallest absolute Gasteiger partial charge is 0.269 e. The molecule has 0 unspecified atom stereocenters. The van der Waals surface area contributed by atoms with Gasteiger partial charge in [-0.05, 0) is 39.4 Å². The Morgan fingerprint density at radius 1 is 1.35 bits per heavy atom. The second kappa shape index (κ2) is 8.53. The molecule has 1 rings (SSSR count). The Morgan fingerprint density at radius 3 is 2.65 bits per heavy atom. The first-order valence-corrected chi connectivity index (χ1v) is 7.23. The lowest BCUT2D eigenvalue weighted by molar-refractivity contribution is 0.0943. The van der Waals surface area contributed by atoms with E-state index in [0.29, 0.717) is 18.3 Å². The van der Waals surface area contributed by atoms with Gasteiger partial charge in [0, 0.05) is 25.7 Å². The Kier molecular flexibility index (Phi) is 7.01. The molecule has 0 bridgehead atoms. The molecule has 112 valence electrons.